The first-order valence-corrected chi connectivity index (χ1v) is 9.02. The monoisotopic (exact) mass is 336 g/mol. The largest absolute Gasteiger partial charge is 0.494 e. The van der Waals surface area contributed by atoms with Gasteiger partial charge in [-0.25, -0.2) is 0 Å². The lowest BCUT2D eigenvalue weighted by Gasteiger charge is -2.37. The lowest BCUT2D eigenvalue weighted by Crippen LogP contribution is -2.40. The smallest absolute Gasteiger partial charge is 0.254 e. The number of carbonyl (C=O) groups excluding carboxylic acids is 2. The number of rotatable bonds is 4. The van der Waals surface area contributed by atoms with Gasteiger partial charge in [0.2, 0.25) is 0 Å². The third-order valence-electron chi connectivity index (χ3n) is 6.15. The molecule has 5 nitrogen and oxygen atoms in total. The van der Waals surface area contributed by atoms with Crippen LogP contribution in [0.5, 0.6) is 5.75 Å². The molecule has 0 radical (unpaired) electrons. The minimum Gasteiger partial charge on any atom is -0.494 e. The van der Waals surface area contributed by atoms with Crippen LogP contribution in [0.1, 0.15) is 18.9 Å². The van der Waals surface area contributed by atoms with E-state index in [1.807, 2.05) is 31.2 Å². The Kier molecular flexibility index (Phi) is 3.14. The maximum atomic E-state index is 12.8. The van der Waals surface area contributed by atoms with Crippen LogP contribution in [0.25, 0.3) is 0 Å². The zero-order chi connectivity index (χ0) is 17.1. The summed E-state index contributed by atoms with van der Waals surface area (Å²) >= 11 is 0. The van der Waals surface area contributed by atoms with E-state index in [4.69, 9.17) is 4.74 Å². The van der Waals surface area contributed by atoms with Crippen molar-refractivity contribution in [2.75, 3.05) is 6.61 Å². The third-order valence-corrected chi connectivity index (χ3v) is 6.15. The minimum atomic E-state index is -0.191. The van der Waals surface area contributed by atoms with Crippen LogP contribution in [0.15, 0.2) is 41.5 Å². The Morgan fingerprint density at radius 3 is 2.24 bits per heavy atom. The first-order chi connectivity index (χ1) is 12.2. The van der Waals surface area contributed by atoms with Crippen molar-refractivity contribution in [3.05, 3.63) is 42.0 Å². The summed E-state index contributed by atoms with van der Waals surface area (Å²) in [6.07, 6.45) is 7.10. The number of imide groups is 1. The van der Waals surface area contributed by atoms with Crippen molar-refractivity contribution < 1.29 is 14.3 Å². The van der Waals surface area contributed by atoms with Crippen molar-refractivity contribution in [1.29, 1.82) is 0 Å². The number of nitrogens with zero attached hydrogens (tertiary/aromatic N) is 2. The molecule has 2 amide bonds. The number of hydrogen-bond acceptors (Lipinski definition) is 4. The van der Waals surface area contributed by atoms with Gasteiger partial charge in [-0.05, 0) is 66.8 Å². The average Bonchev–Trinajstić information content (AvgIpc) is 3.41. The first-order valence-electron chi connectivity index (χ1n) is 9.02. The standard InChI is InChI=1S/C20H20N2O3/c1-2-25-12-5-3-11(4-6-12)10-21-22-19(23)17-13-7-8-14(16-9-15(13)16)18(17)20(22)24/h3-8,10,13-18H,2,9H2,1H3/b21-10-/t13-,14+,15-,16-,17+,18+/m1/s1. The highest BCUT2D eigenvalue weighted by atomic mass is 16.5. The van der Waals surface area contributed by atoms with Crippen LogP contribution in [0, 0.1) is 35.5 Å². The molecule has 128 valence electrons. The van der Waals surface area contributed by atoms with E-state index in [1.165, 1.54) is 6.42 Å². The molecule has 6 rings (SSSR count). The lowest BCUT2D eigenvalue weighted by atomic mass is 9.63. The van der Waals surface area contributed by atoms with Gasteiger partial charge in [0, 0.05) is 0 Å². The second kappa shape index (κ2) is 5.28. The summed E-state index contributed by atoms with van der Waals surface area (Å²) < 4.78 is 5.41. The molecular weight excluding hydrogens is 316 g/mol. The van der Waals surface area contributed by atoms with Crippen molar-refractivity contribution in [2.45, 2.75) is 13.3 Å². The van der Waals surface area contributed by atoms with Crippen molar-refractivity contribution in [1.82, 2.24) is 5.01 Å². The van der Waals surface area contributed by atoms with Crippen molar-refractivity contribution >= 4 is 18.0 Å². The first kappa shape index (κ1) is 14.9. The maximum absolute atomic E-state index is 12.8. The molecule has 5 aliphatic rings. The quantitative estimate of drug-likeness (QED) is 0.482. The van der Waals surface area contributed by atoms with Gasteiger partial charge < -0.3 is 4.74 Å². The summed E-state index contributed by atoms with van der Waals surface area (Å²) in [5.74, 6) is 1.87. The third kappa shape index (κ3) is 2.11. The Hall–Kier alpha value is -2.43. The normalized spacial score (nSPS) is 37.6. The highest BCUT2D eigenvalue weighted by Gasteiger charge is 2.67. The van der Waals surface area contributed by atoms with Gasteiger partial charge in [0.25, 0.3) is 11.8 Å². The summed E-state index contributed by atoms with van der Waals surface area (Å²) in [6, 6.07) is 7.45. The number of carbonyl (C=O) groups is 2. The SMILES string of the molecule is CCOc1ccc(/C=N\N2C(=O)[C@H]3[C@@H]4C=C[C@@H]([C@H]5C[C@H]45)[C@@H]3C2=O)cc1. The maximum Gasteiger partial charge on any atom is 0.254 e. The van der Waals surface area contributed by atoms with Crippen LogP contribution in [-0.2, 0) is 9.59 Å². The molecular formula is C20H20N2O3. The van der Waals surface area contributed by atoms with Gasteiger partial charge in [0.05, 0.1) is 24.7 Å². The Labute approximate surface area is 146 Å². The van der Waals surface area contributed by atoms with E-state index in [9.17, 15) is 9.59 Å². The molecule has 0 N–H and O–H groups in total. The van der Waals surface area contributed by atoms with Gasteiger partial charge in [-0.2, -0.15) is 10.1 Å². The molecule has 25 heavy (non-hydrogen) atoms. The molecule has 6 atom stereocenters. The van der Waals surface area contributed by atoms with E-state index >= 15 is 0 Å². The number of amides is 2. The number of hydrogen-bond donors (Lipinski definition) is 0. The van der Waals surface area contributed by atoms with Crippen LogP contribution in [-0.4, -0.2) is 29.6 Å². The van der Waals surface area contributed by atoms with Gasteiger partial charge in [-0.15, -0.1) is 0 Å². The summed E-state index contributed by atoms with van der Waals surface area (Å²) in [5, 5.41) is 5.35. The Morgan fingerprint density at radius 1 is 1.08 bits per heavy atom. The zero-order valence-electron chi connectivity index (χ0n) is 14.0. The molecule has 5 heteroatoms. The molecule has 1 aromatic rings. The number of benzene rings is 1. The summed E-state index contributed by atoms with van der Waals surface area (Å²) in [6.45, 7) is 2.55. The molecule has 1 aliphatic heterocycles. The predicted molar refractivity (Wildman–Crippen MR) is 91.8 cm³/mol. The van der Waals surface area contributed by atoms with E-state index in [-0.39, 0.29) is 35.5 Å². The molecule has 0 unspecified atom stereocenters. The fourth-order valence-electron chi connectivity index (χ4n) is 5.00. The average molecular weight is 336 g/mol. The van der Waals surface area contributed by atoms with E-state index in [1.54, 1.807) is 6.21 Å². The zero-order valence-corrected chi connectivity index (χ0v) is 14.0. The van der Waals surface area contributed by atoms with Gasteiger partial charge in [-0.1, -0.05) is 12.2 Å². The summed E-state index contributed by atoms with van der Waals surface area (Å²) in [5.41, 5.74) is 0.836. The van der Waals surface area contributed by atoms with E-state index in [0.717, 1.165) is 16.3 Å². The van der Waals surface area contributed by atoms with Crippen LogP contribution in [0.3, 0.4) is 0 Å². The van der Waals surface area contributed by atoms with E-state index < -0.39 is 0 Å². The van der Waals surface area contributed by atoms with Gasteiger partial charge in [-0.3, -0.25) is 9.59 Å². The van der Waals surface area contributed by atoms with Crippen molar-refractivity contribution in [3.63, 3.8) is 0 Å². The predicted octanol–water partition coefficient (Wildman–Crippen LogP) is 2.47. The molecule has 3 fully saturated rings. The molecule has 2 saturated carbocycles. The van der Waals surface area contributed by atoms with Gasteiger partial charge in [0.1, 0.15) is 5.75 Å². The molecule has 4 aliphatic carbocycles. The highest BCUT2D eigenvalue weighted by molar-refractivity contribution is 6.06. The minimum absolute atomic E-state index is 0.123. The van der Waals surface area contributed by atoms with Crippen LogP contribution < -0.4 is 4.74 Å². The van der Waals surface area contributed by atoms with Gasteiger partial charge in [0.15, 0.2) is 0 Å². The fraction of sp³-hybridized carbons (Fsp3) is 0.450. The summed E-state index contributed by atoms with van der Waals surface area (Å²) in [4.78, 5) is 25.6. The van der Waals surface area contributed by atoms with Crippen LogP contribution in [0.4, 0.5) is 0 Å². The Morgan fingerprint density at radius 2 is 1.68 bits per heavy atom. The van der Waals surface area contributed by atoms with Crippen molar-refractivity contribution in [2.24, 2.45) is 40.6 Å². The number of allylic oxidation sites excluding steroid dienone is 2. The van der Waals surface area contributed by atoms with Crippen molar-refractivity contribution in [3.8, 4) is 5.75 Å². The lowest BCUT2D eigenvalue weighted by molar-refractivity contribution is -0.140. The Bertz CT molecular complexity index is 762. The number of hydrazone groups is 1. The molecule has 1 aromatic carbocycles. The van der Waals surface area contributed by atoms with Crippen LogP contribution in [0.2, 0.25) is 0 Å². The Balaban J connectivity index is 1.37. The second-order valence-corrected chi connectivity index (χ2v) is 7.39. The molecule has 2 bridgehead atoms. The molecule has 1 saturated heterocycles. The molecule has 0 aromatic heterocycles. The van der Waals surface area contributed by atoms with Crippen LogP contribution >= 0.6 is 0 Å². The highest BCUT2D eigenvalue weighted by Crippen LogP contribution is 2.65. The molecule has 1 heterocycles. The number of ether oxygens (including phenoxy) is 1. The second-order valence-electron chi connectivity index (χ2n) is 7.39. The summed E-state index contributed by atoms with van der Waals surface area (Å²) in [7, 11) is 0. The fourth-order valence-corrected chi connectivity index (χ4v) is 5.00. The van der Waals surface area contributed by atoms with E-state index in [2.05, 4.69) is 17.3 Å². The topological polar surface area (TPSA) is 59.0 Å². The van der Waals surface area contributed by atoms with E-state index in [0.29, 0.717) is 18.4 Å². The van der Waals surface area contributed by atoms with Gasteiger partial charge >= 0.3 is 0 Å². The molecule has 0 spiro atoms.